The summed E-state index contributed by atoms with van der Waals surface area (Å²) in [6, 6.07) is 1.73. The Morgan fingerprint density at radius 2 is 1.59 bits per heavy atom. The number of likely N-dealkylation sites (N-methyl/N-ethyl adjacent to an activating group) is 1. The quantitative estimate of drug-likeness (QED) is 0.383. The van der Waals surface area contributed by atoms with Gasteiger partial charge >= 0.3 is 0 Å². The van der Waals surface area contributed by atoms with E-state index in [4.69, 9.17) is 0 Å². The first kappa shape index (κ1) is 35.2. The maximum Gasteiger partial charge on any atom is 0.249 e. The van der Waals surface area contributed by atoms with Gasteiger partial charge in [0.25, 0.3) is 0 Å². The second-order valence-corrected chi connectivity index (χ2v) is 14.1. The van der Waals surface area contributed by atoms with Gasteiger partial charge in [-0.05, 0) is 76.5 Å². The fourth-order valence-corrected chi connectivity index (χ4v) is 6.34. The van der Waals surface area contributed by atoms with E-state index in [0.717, 1.165) is 32.2 Å². The zero-order valence-corrected chi connectivity index (χ0v) is 28.2. The molecule has 44 heavy (non-hydrogen) atoms. The molecule has 0 saturated carbocycles. The lowest BCUT2D eigenvalue weighted by molar-refractivity contribution is -0.142. The monoisotopic (exact) mass is 610 g/mol. The van der Waals surface area contributed by atoms with Crippen molar-refractivity contribution < 1.29 is 19.2 Å². The van der Waals surface area contributed by atoms with E-state index in [1.54, 1.807) is 48.3 Å². The average Bonchev–Trinajstić information content (AvgIpc) is 3.47. The normalized spacial score (nSPS) is 21.2. The predicted molar refractivity (Wildman–Crippen MR) is 174 cm³/mol. The Morgan fingerprint density at radius 1 is 0.955 bits per heavy atom. The lowest BCUT2D eigenvalue weighted by atomic mass is 9.84. The summed E-state index contributed by atoms with van der Waals surface area (Å²) in [5.41, 5.74) is 0.592. The van der Waals surface area contributed by atoms with Gasteiger partial charge in [0.2, 0.25) is 23.6 Å². The van der Waals surface area contributed by atoms with Crippen molar-refractivity contribution in [2.45, 2.75) is 118 Å². The van der Waals surface area contributed by atoms with Crippen LogP contribution in [0.2, 0.25) is 0 Å². The molecule has 0 aromatic carbocycles. The Morgan fingerprint density at radius 3 is 2.18 bits per heavy atom. The van der Waals surface area contributed by atoms with Crippen LogP contribution in [-0.4, -0.2) is 93.7 Å². The third-order valence-corrected chi connectivity index (χ3v) is 8.91. The van der Waals surface area contributed by atoms with Gasteiger partial charge in [-0.25, -0.2) is 0 Å². The Balaban J connectivity index is 1.77. The molecule has 3 heterocycles. The number of aromatic nitrogens is 1. The number of pyridine rings is 1. The van der Waals surface area contributed by atoms with Crippen LogP contribution in [0, 0.1) is 11.3 Å². The number of piperidine rings is 1. The van der Waals surface area contributed by atoms with E-state index < -0.39 is 17.5 Å². The molecule has 1 aromatic rings. The first-order valence-corrected chi connectivity index (χ1v) is 16.2. The number of hydrogen-bond acceptors (Lipinski definition) is 6. The lowest BCUT2D eigenvalue weighted by Crippen LogP contribution is -2.60. The van der Waals surface area contributed by atoms with Gasteiger partial charge in [-0.2, -0.15) is 0 Å². The second-order valence-electron chi connectivity index (χ2n) is 14.1. The predicted octanol–water partition coefficient (Wildman–Crippen LogP) is 4.23. The number of anilines is 1. The molecule has 0 aliphatic carbocycles. The second kappa shape index (κ2) is 15.1. The molecule has 0 radical (unpaired) electrons. The summed E-state index contributed by atoms with van der Waals surface area (Å²) < 4.78 is 0. The zero-order valence-electron chi connectivity index (χ0n) is 28.2. The fraction of sp³-hybridized carbons (Fsp3) is 0.676. The highest BCUT2D eigenvalue weighted by Crippen LogP contribution is 2.27. The van der Waals surface area contributed by atoms with Crippen LogP contribution in [0.25, 0.3) is 0 Å². The maximum absolute atomic E-state index is 14.1. The number of amides is 4. The van der Waals surface area contributed by atoms with Crippen LogP contribution in [0.4, 0.5) is 5.69 Å². The van der Waals surface area contributed by atoms with Crippen molar-refractivity contribution in [2.24, 2.45) is 11.3 Å². The highest BCUT2D eigenvalue weighted by atomic mass is 16.2. The smallest absolute Gasteiger partial charge is 0.249 e. The van der Waals surface area contributed by atoms with Crippen LogP contribution in [0.1, 0.15) is 87.5 Å². The number of carbonyl (C=O) groups excluding carboxylic acids is 4. The minimum atomic E-state index is -0.735. The van der Waals surface area contributed by atoms with E-state index in [2.05, 4.69) is 34.4 Å². The van der Waals surface area contributed by atoms with Crippen LogP contribution in [0.3, 0.4) is 0 Å². The number of rotatable bonds is 10. The third-order valence-electron chi connectivity index (χ3n) is 8.91. The number of nitrogens with zero attached hydrogens (tertiary/aromatic N) is 4. The lowest BCUT2D eigenvalue weighted by Gasteiger charge is -2.41. The molecular weight excluding hydrogens is 556 g/mol. The minimum Gasteiger partial charge on any atom is -0.342 e. The van der Waals surface area contributed by atoms with Gasteiger partial charge < -0.3 is 20.4 Å². The first-order chi connectivity index (χ1) is 20.6. The van der Waals surface area contributed by atoms with Crippen molar-refractivity contribution in [3.63, 3.8) is 0 Å². The summed E-state index contributed by atoms with van der Waals surface area (Å²) >= 11 is 0. The maximum atomic E-state index is 14.1. The van der Waals surface area contributed by atoms with Crippen molar-refractivity contribution in [2.75, 3.05) is 25.5 Å². The van der Waals surface area contributed by atoms with Crippen molar-refractivity contribution in [3.8, 4) is 0 Å². The molecule has 2 N–H and O–H groups in total. The molecule has 4 atom stereocenters. The molecule has 0 bridgehead atoms. The molecule has 2 unspecified atom stereocenters. The van der Waals surface area contributed by atoms with Gasteiger partial charge in [0.05, 0.1) is 12.1 Å². The fourth-order valence-electron chi connectivity index (χ4n) is 6.34. The highest BCUT2D eigenvalue weighted by molar-refractivity contribution is 6.01. The van der Waals surface area contributed by atoms with Crippen LogP contribution in [-0.2, 0) is 19.2 Å². The van der Waals surface area contributed by atoms with Gasteiger partial charge in [-0.3, -0.25) is 29.1 Å². The van der Waals surface area contributed by atoms with Crippen molar-refractivity contribution in [1.82, 2.24) is 25.0 Å². The van der Waals surface area contributed by atoms with E-state index in [1.807, 2.05) is 40.7 Å². The van der Waals surface area contributed by atoms with E-state index in [0.29, 0.717) is 24.2 Å². The molecule has 2 aliphatic heterocycles. The Bertz CT molecular complexity index is 1190. The van der Waals surface area contributed by atoms with E-state index in [1.165, 1.54) is 0 Å². The van der Waals surface area contributed by atoms with Crippen LogP contribution < -0.4 is 10.6 Å². The first-order valence-electron chi connectivity index (χ1n) is 16.2. The van der Waals surface area contributed by atoms with Gasteiger partial charge in [-0.15, -0.1) is 0 Å². The van der Waals surface area contributed by atoms with Crippen molar-refractivity contribution >= 4 is 29.3 Å². The third kappa shape index (κ3) is 8.67. The highest BCUT2D eigenvalue weighted by Gasteiger charge is 2.40. The zero-order chi connectivity index (χ0) is 32.8. The van der Waals surface area contributed by atoms with Crippen LogP contribution in [0.5, 0.6) is 0 Å². The van der Waals surface area contributed by atoms with Gasteiger partial charge in [0.1, 0.15) is 12.1 Å². The van der Waals surface area contributed by atoms with Gasteiger partial charge in [-0.1, -0.05) is 47.1 Å². The summed E-state index contributed by atoms with van der Waals surface area (Å²) in [5.74, 6) is -0.727. The number of likely N-dealkylation sites (tertiary alicyclic amines) is 2. The molecule has 0 spiro atoms. The molecule has 1 aromatic heterocycles. The number of nitrogens with one attached hydrogen (secondary N) is 2. The molecule has 244 valence electrons. The average molecular weight is 611 g/mol. The number of hydrogen-bond donors (Lipinski definition) is 2. The summed E-state index contributed by atoms with van der Waals surface area (Å²) in [6.45, 7) is 17.2. The Labute approximate surface area is 264 Å². The number of carbonyl (C=O) groups is 4. The molecule has 10 nitrogen and oxygen atoms in total. The summed E-state index contributed by atoms with van der Waals surface area (Å²) in [7, 11) is 1.74. The molecular formula is C34H54N6O4. The van der Waals surface area contributed by atoms with Gasteiger partial charge in [0, 0.05) is 43.3 Å². The summed E-state index contributed by atoms with van der Waals surface area (Å²) in [4.78, 5) is 63.9. The molecule has 10 heteroatoms. The standard InChI is InChI=1S/C34H54N6O4/c1-22(2)28(21-24(5)32(43)40-20-12-14-27(40)30(41)36-25-15-17-35-18-16-25)38(9)33(44)29(34(6,7)8)37-31(42)26-13-10-11-19-39(26)23(3)4/h15-18,21-23,26-29H,10-14,19-20H2,1-9H3,(H,37,42)(H,35,36,41)/b24-21+/t26-,27?,28-,29?/m1/s1. The van der Waals surface area contributed by atoms with E-state index >= 15 is 0 Å². The molecule has 3 rings (SSSR count). The molecule has 2 saturated heterocycles. The topological polar surface area (TPSA) is 115 Å². The van der Waals surface area contributed by atoms with Crippen LogP contribution in [0.15, 0.2) is 36.2 Å². The Hall–Kier alpha value is -3.27. The molecule has 4 amide bonds. The Kier molecular flexibility index (Phi) is 12.1. The summed E-state index contributed by atoms with van der Waals surface area (Å²) in [6.07, 6.45) is 9.22. The molecule has 2 aliphatic rings. The van der Waals surface area contributed by atoms with E-state index in [-0.39, 0.29) is 47.7 Å². The summed E-state index contributed by atoms with van der Waals surface area (Å²) in [5, 5.41) is 6.02. The van der Waals surface area contributed by atoms with Gasteiger partial charge in [0.15, 0.2) is 0 Å². The van der Waals surface area contributed by atoms with Crippen molar-refractivity contribution in [1.29, 1.82) is 0 Å². The minimum absolute atomic E-state index is 0.00200. The van der Waals surface area contributed by atoms with Crippen molar-refractivity contribution in [3.05, 3.63) is 36.2 Å². The largest absolute Gasteiger partial charge is 0.342 e. The molecule has 2 fully saturated rings. The van der Waals surface area contributed by atoms with E-state index in [9.17, 15) is 19.2 Å². The SMILES string of the molecule is C/C(=C\[C@H](C(C)C)N(C)C(=O)C(NC(=O)[C@H]1CCCCN1C(C)C)C(C)(C)C)C(=O)N1CCCC1C(=O)Nc1ccncc1. The van der Waals surface area contributed by atoms with Crippen LogP contribution >= 0.6 is 0 Å².